The van der Waals surface area contributed by atoms with E-state index in [0.717, 1.165) is 63.1 Å². The summed E-state index contributed by atoms with van der Waals surface area (Å²) in [6.45, 7) is 5.15. The average Bonchev–Trinajstić information content (AvgIpc) is 3.08. The largest absolute Gasteiger partial charge is 0.355 e. The lowest BCUT2D eigenvalue weighted by Gasteiger charge is -2.36. The average molecular weight is 278 g/mol. The predicted molar refractivity (Wildman–Crippen MR) is 81.4 cm³/mol. The Hall–Kier alpha value is -0.570. The van der Waals surface area contributed by atoms with E-state index >= 15 is 0 Å². The summed E-state index contributed by atoms with van der Waals surface area (Å²) in [5, 5.41) is 6.73. The van der Waals surface area contributed by atoms with Crippen LogP contribution in [0.3, 0.4) is 0 Å². The van der Waals surface area contributed by atoms with Crippen LogP contribution in [-0.4, -0.2) is 25.5 Å². The van der Waals surface area contributed by atoms with Crippen molar-refractivity contribution in [1.82, 2.24) is 10.6 Å². The molecule has 20 heavy (non-hydrogen) atoms. The maximum absolute atomic E-state index is 12.7. The molecule has 0 aromatic rings. The molecular weight excluding hydrogens is 248 g/mol. The minimum Gasteiger partial charge on any atom is -0.355 e. The van der Waals surface area contributed by atoms with E-state index in [-0.39, 0.29) is 5.41 Å². The molecule has 0 spiro atoms. The first-order valence-electron chi connectivity index (χ1n) is 8.72. The molecule has 1 saturated heterocycles. The molecule has 3 heteroatoms. The van der Waals surface area contributed by atoms with Gasteiger partial charge in [-0.1, -0.05) is 19.8 Å². The molecule has 0 radical (unpaired) electrons. The van der Waals surface area contributed by atoms with Gasteiger partial charge in [0, 0.05) is 6.54 Å². The summed E-state index contributed by atoms with van der Waals surface area (Å²) in [4.78, 5) is 12.7. The third-order valence-electron chi connectivity index (χ3n) is 6.18. The van der Waals surface area contributed by atoms with E-state index in [9.17, 15) is 4.79 Å². The first-order chi connectivity index (χ1) is 9.73. The van der Waals surface area contributed by atoms with Crippen molar-refractivity contribution in [3.63, 3.8) is 0 Å². The van der Waals surface area contributed by atoms with Crippen molar-refractivity contribution >= 4 is 5.91 Å². The van der Waals surface area contributed by atoms with Crippen LogP contribution < -0.4 is 10.6 Å². The van der Waals surface area contributed by atoms with Crippen molar-refractivity contribution in [3.8, 4) is 0 Å². The number of carbonyl (C=O) groups excluding carboxylic acids is 1. The molecule has 2 N–H and O–H groups in total. The normalized spacial score (nSPS) is 35.1. The second-order valence-electron chi connectivity index (χ2n) is 7.43. The molecule has 3 fully saturated rings. The molecule has 114 valence electrons. The summed E-state index contributed by atoms with van der Waals surface area (Å²) in [6, 6.07) is 0. The highest BCUT2D eigenvalue weighted by atomic mass is 16.2. The highest BCUT2D eigenvalue weighted by molar-refractivity contribution is 5.82. The van der Waals surface area contributed by atoms with Gasteiger partial charge >= 0.3 is 0 Å². The fraction of sp³-hybridized carbons (Fsp3) is 0.941. The fourth-order valence-corrected chi connectivity index (χ4v) is 5.01. The summed E-state index contributed by atoms with van der Waals surface area (Å²) in [5.41, 5.74) is -0.0718. The predicted octanol–water partition coefficient (Wildman–Crippen LogP) is 2.71. The van der Waals surface area contributed by atoms with Gasteiger partial charge in [-0.25, -0.2) is 0 Å². The van der Waals surface area contributed by atoms with E-state index in [2.05, 4.69) is 17.6 Å². The standard InChI is InChI=1S/C17H30N2O/c1-2-5-17(6-8-18-9-7-17)16(20)19-12-15-11-13-3-4-14(15)10-13/h13-15,18H,2-12H2,1H3,(H,19,20). The molecule has 2 aliphatic carbocycles. The number of piperidine rings is 1. The summed E-state index contributed by atoms with van der Waals surface area (Å²) in [5.74, 6) is 3.02. The van der Waals surface area contributed by atoms with Crippen molar-refractivity contribution in [2.45, 2.75) is 58.3 Å². The van der Waals surface area contributed by atoms with Crippen LogP contribution in [0.15, 0.2) is 0 Å². The van der Waals surface area contributed by atoms with Gasteiger partial charge in [-0.05, 0) is 69.4 Å². The minimum absolute atomic E-state index is 0.0718. The summed E-state index contributed by atoms with van der Waals surface area (Å²) in [7, 11) is 0. The second-order valence-corrected chi connectivity index (χ2v) is 7.43. The van der Waals surface area contributed by atoms with Crippen LogP contribution in [0, 0.1) is 23.2 Å². The van der Waals surface area contributed by atoms with Gasteiger partial charge in [0.15, 0.2) is 0 Å². The Balaban J connectivity index is 1.54. The lowest BCUT2D eigenvalue weighted by molar-refractivity contribution is -0.133. The third kappa shape index (κ3) is 2.74. The van der Waals surface area contributed by atoms with Crippen LogP contribution in [0.1, 0.15) is 58.3 Å². The van der Waals surface area contributed by atoms with Crippen LogP contribution in [0.4, 0.5) is 0 Å². The minimum atomic E-state index is -0.0718. The van der Waals surface area contributed by atoms with Crippen LogP contribution in [0.2, 0.25) is 0 Å². The van der Waals surface area contributed by atoms with Crippen molar-refractivity contribution in [3.05, 3.63) is 0 Å². The van der Waals surface area contributed by atoms with Gasteiger partial charge in [0.1, 0.15) is 0 Å². The molecular formula is C17H30N2O. The Labute approximate surface area is 123 Å². The maximum atomic E-state index is 12.7. The second kappa shape index (κ2) is 6.05. The maximum Gasteiger partial charge on any atom is 0.226 e. The number of amides is 1. The van der Waals surface area contributed by atoms with Crippen LogP contribution in [0.5, 0.6) is 0 Å². The monoisotopic (exact) mass is 278 g/mol. The highest BCUT2D eigenvalue weighted by Crippen LogP contribution is 2.48. The topological polar surface area (TPSA) is 41.1 Å². The van der Waals surface area contributed by atoms with Gasteiger partial charge in [0.25, 0.3) is 0 Å². The van der Waals surface area contributed by atoms with Gasteiger partial charge in [0.2, 0.25) is 5.91 Å². The van der Waals surface area contributed by atoms with Gasteiger partial charge < -0.3 is 10.6 Å². The zero-order chi connectivity index (χ0) is 14.0. The lowest BCUT2D eigenvalue weighted by atomic mass is 9.74. The Morgan fingerprint density at radius 1 is 1.25 bits per heavy atom. The summed E-state index contributed by atoms with van der Waals surface area (Å²) >= 11 is 0. The highest BCUT2D eigenvalue weighted by Gasteiger charge is 2.41. The Bertz CT molecular complexity index is 343. The zero-order valence-electron chi connectivity index (χ0n) is 12.9. The molecule has 1 aliphatic heterocycles. The molecule has 3 atom stereocenters. The third-order valence-corrected chi connectivity index (χ3v) is 6.18. The van der Waals surface area contributed by atoms with E-state index < -0.39 is 0 Å². The molecule has 3 aliphatic rings. The number of hydrogen-bond acceptors (Lipinski definition) is 2. The van der Waals surface area contributed by atoms with E-state index in [4.69, 9.17) is 0 Å². The quantitative estimate of drug-likeness (QED) is 0.812. The Morgan fingerprint density at radius 2 is 2.05 bits per heavy atom. The van der Waals surface area contributed by atoms with Crippen molar-refractivity contribution in [2.24, 2.45) is 23.2 Å². The molecule has 0 aromatic heterocycles. The molecule has 2 bridgehead atoms. The molecule has 0 aromatic carbocycles. The van der Waals surface area contributed by atoms with Crippen LogP contribution in [0.25, 0.3) is 0 Å². The number of nitrogens with one attached hydrogen (secondary N) is 2. The number of fused-ring (bicyclic) bond motifs is 2. The molecule has 1 amide bonds. The number of rotatable bonds is 5. The first-order valence-corrected chi connectivity index (χ1v) is 8.72. The molecule has 2 saturated carbocycles. The van der Waals surface area contributed by atoms with E-state index in [1.165, 1.54) is 25.7 Å². The SMILES string of the molecule is CCCC1(C(=O)NCC2CC3CCC2C3)CCNCC1. The first kappa shape index (κ1) is 14.4. The summed E-state index contributed by atoms with van der Waals surface area (Å²) < 4.78 is 0. The van der Waals surface area contributed by atoms with Crippen molar-refractivity contribution < 1.29 is 4.79 Å². The van der Waals surface area contributed by atoms with E-state index in [0.29, 0.717) is 5.91 Å². The molecule has 3 rings (SSSR count). The van der Waals surface area contributed by atoms with Gasteiger partial charge in [-0.2, -0.15) is 0 Å². The van der Waals surface area contributed by atoms with Crippen molar-refractivity contribution in [2.75, 3.05) is 19.6 Å². The van der Waals surface area contributed by atoms with Gasteiger partial charge in [-0.3, -0.25) is 4.79 Å². The number of carbonyl (C=O) groups is 1. The van der Waals surface area contributed by atoms with Crippen molar-refractivity contribution in [1.29, 1.82) is 0 Å². The lowest BCUT2D eigenvalue weighted by Crippen LogP contribution is -2.48. The molecule has 3 unspecified atom stereocenters. The molecule has 1 heterocycles. The zero-order valence-corrected chi connectivity index (χ0v) is 12.9. The van der Waals surface area contributed by atoms with E-state index in [1.807, 2.05) is 0 Å². The Morgan fingerprint density at radius 3 is 2.65 bits per heavy atom. The van der Waals surface area contributed by atoms with Crippen LogP contribution >= 0.6 is 0 Å². The van der Waals surface area contributed by atoms with Gasteiger partial charge in [-0.15, -0.1) is 0 Å². The molecule has 3 nitrogen and oxygen atoms in total. The van der Waals surface area contributed by atoms with Crippen LogP contribution in [-0.2, 0) is 4.79 Å². The summed E-state index contributed by atoms with van der Waals surface area (Å²) in [6.07, 6.45) is 9.86. The fourth-order valence-electron chi connectivity index (χ4n) is 5.01. The van der Waals surface area contributed by atoms with Gasteiger partial charge in [0.05, 0.1) is 5.41 Å². The Kier molecular flexibility index (Phi) is 4.34. The smallest absolute Gasteiger partial charge is 0.226 e. The number of hydrogen-bond donors (Lipinski definition) is 2. The van der Waals surface area contributed by atoms with E-state index in [1.54, 1.807) is 0 Å².